The summed E-state index contributed by atoms with van der Waals surface area (Å²) in [5, 5.41) is 7.35. The minimum Gasteiger partial charge on any atom is -0.495 e. The molecule has 0 aliphatic carbocycles. The number of benzene rings is 1. The molecular weight excluding hydrogens is 368 g/mol. The van der Waals surface area contributed by atoms with Crippen molar-refractivity contribution in [2.75, 3.05) is 19.0 Å². The van der Waals surface area contributed by atoms with Crippen LogP contribution >= 0.6 is 0 Å². The van der Waals surface area contributed by atoms with Gasteiger partial charge in [-0.15, -0.1) is 0 Å². The molecule has 1 aliphatic rings. The fraction of sp³-hybridized carbons (Fsp3) is 0.500. The first-order valence-corrected chi connectivity index (χ1v) is 9.95. The standard InChI is InChI=1S/C22H30N4O3/c1-14-9-10-19(29-6)17(12-14)24-20(27)18-8-7-11-25(18)21(28)16-13-23-26(15(16)2)22(3,4)5/h9-10,12-13,18H,7-8,11H2,1-6H3,(H,24,27). The van der Waals surface area contributed by atoms with Crippen molar-refractivity contribution < 1.29 is 14.3 Å². The molecule has 1 atom stereocenters. The molecule has 1 unspecified atom stereocenters. The Morgan fingerprint density at radius 1 is 1.24 bits per heavy atom. The predicted octanol–water partition coefficient (Wildman–Crippen LogP) is 3.51. The predicted molar refractivity (Wildman–Crippen MR) is 112 cm³/mol. The number of carbonyl (C=O) groups excluding carboxylic acids is 2. The second-order valence-corrected chi connectivity index (χ2v) is 8.58. The molecule has 2 heterocycles. The number of likely N-dealkylation sites (tertiary alicyclic amines) is 1. The van der Waals surface area contributed by atoms with Gasteiger partial charge in [0.1, 0.15) is 11.8 Å². The van der Waals surface area contributed by atoms with E-state index in [2.05, 4.69) is 10.4 Å². The summed E-state index contributed by atoms with van der Waals surface area (Å²) in [5.41, 5.74) is 2.78. The lowest BCUT2D eigenvalue weighted by Gasteiger charge is -2.25. The van der Waals surface area contributed by atoms with Gasteiger partial charge in [0.25, 0.3) is 5.91 Å². The van der Waals surface area contributed by atoms with Crippen LogP contribution in [0.2, 0.25) is 0 Å². The third kappa shape index (κ3) is 4.13. The Hall–Kier alpha value is -2.83. The quantitative estimate of drug-likeness (QED) is 0.855. The van der Waals surface area contributed by atoms with Crippen LogP contribution in [0.3, 0.4) is 0 Å². The van der Waals surface area contributed by atoms with Crippen molar-refractivity contribution in [3.05, 3.63) is 41.2 Å². The largest absolute Gasteiger partial charge is 0.495 e. The molecule has 3 rings (SSSR count). The Bertz CT molecular complexity index is 927. The maximum atomic E-state index is 13.2. The van der Waals surface area contributed by atoms with Crippen LogP contribution in [0.25, 0.3) is 0 Å². The molecule has 7 heteroatoms. The fourth-order valence-corrected chi connectivity index (χ4v) is 3.87. The number of nitrogens with one attached hydrogen (secondary N) is 1. The molecule has 1 aliphatic heterocycles. The number of ether oxygens (including phenoxy) is 1. The summed E-state index contributed by atoms with van der Waals surface area (Å²) < 4.78 is 7.20. The first kappa shape index (κ1) is 20.9. The minimum atomic E-state index is -0.509. The van der Waals surface area contributed by atoms with Crippen molar-refractivity contribution in [2.24, 2.45) is 0 Å². The van der Waals surface area contributed by atoms with Gasteiger partial charge < -0.3 is 15.0 Å². The summed E-state index contributed by atoms with van der Waals surface area (Å²) >= 11 is 0. The van der Waals surface area contributed by atoms with Crippen LogP contribution in [-0.2, 0) is 10.3 Å². The van der Waals surface area contributed by atoms with Gasteiger partial charge in [0.2, 0.25) is 5.91 Å². The number of aryl methyl sites for hydroxylation is 1. The molecule has 0 saturated carbocycles. The van der Waals surface area contributed by atoms with Gasteiger partial charge in [-0.05, 0) is 65.2 Å². The Morgan fingerprint density at radius 3 is 2.59 bits per heavy atom. The summed E-state index contributed by atoms with van der Waals surface area (Å²) in [4.78, 5) is 27.9. The lowest BCUT2D eigenvalue weighted by Crippen LogP contribution is -2.43. The monoisotopic (exact) mass is 398 g/mol. The molecule has 156 valence electrons. The Morgan fingerprint density at radius 2 is 1.97 bits per heavy atom. The zero-order chi connectivity index (χ0) is 21.3. The van der Waals surface area contributed by atoms with E-state index in [1.54, 1.807) is 18.2 Å². The molecule has 0 radical (unpaired) electrons. The summed E-state index contributed by atoms with van der Waals surface area (Å²) in [6.07, 6.45) is 3.04. The van der Waals surface area contributed by atoms with Gasteiger partial charge in [0, 0.05) is 12.2 Å². The fourth-order valence-electron chi connectivity index (χ4n) is 3.87. The van der Waals surface area contributed by atoms with Crippen molar-refractivity contribution in [1.82, 2.24) is 14.7 Å². The molecule has 1 fully saturated rings. The van der Waals surface area contributed by atoms with Crippen LogP contribution in [0.1, 0.15) is 55.2 Å². The van der Waals surface area contributed by atoms with E-state index in [4.69, 9.17) is 4.74 Å². The lowest BCUT2D eigenvalue weighted by atomic mass is 10.1. The number of methoxy groups -OCH3 is 1. The van der Waals surface area contributed by atoms with Crippen molar-refractivity contribution in [1.29, 1.82) is 0 Å². The average molecular weight is 399 g/mol. The van der Waals surface area contributed by atoms with Gasteiger partial charge >= 0.3 is 0 Å². The molecular formula is C22H30N4O3. The van der Waals surface area contributed by atoms with Gasteiger partial charge in [-0.2, -0.15) is 5.10 Å². The smallest absolute Gasteiger partial charge is 0.258 e. The number of rotatable bonds is 4. The molecule has 29 heavy (non-hydrogen) atoms. The second-order valence-electron chi connectivity index (χ2n) is 8.58. The maximum absolute atomic E-state index is 13.2. The van der Waals surface area contributed by atoms with Crippen LogP contribution < -0.4 is 10.1 Å². The summed E-state index contributed by atoms with van der Waals surface area (Å²) in [5.74, 6) is 0.259. The normalized spacial score (nSPS) is 16.8. The van der Waals surface area contributed by atoms with Crippen LogP contribution in [0.5, 0.6) is 5.75 Å². The Labute approximate surface area is 172 Å². The van der Waals surface area contributed by atoms with E-state index in [9.17, 15) is 9.59 Å². The molecule has 2 amide bonds. The number of hydrogen-bond acceptors (Lipinski definition) is 4. The Balaban J connectivity index is 1.81. The highest BCUT2D eigenvalue weighted by molar-refractivity contribution is 6.02. The van der Waals surface area contributed by atoms with Gasteiger partial charge in [-0.25, -0.2) is 0 Å². The SMILES string of the molecule is COc1ccc(C)cc1NC(=O)C1CCCN1C(=O)c1cnn(C(C)(C)C)c1C. The molecule has 0 bridgehead atoms. The molecule has 1 saturated heterocycles. The van der Waals surface area contributed by atoms with E-state index in [0.717, 1.165) is 17.7 Å². The third-order valence-corrected chi connectivity index (χ3v) is 5.30. The van der Waals surface area contributed by atoms with E-state index < -0.39 is 6.04 Å². The van der Waals surface area contributed by atoms with Gasteiger partial charge in [-0.3, -0.25) is 14.3 Å². The van der Waals surface area contributed by atoms with E-state index in [1.165, 1.54) is 0 Å². The molecule has 7 nitrogen and oxygen atoms in total. The highest BCUT2D eigenvalue weighted by Crippen LogP contribution is 2.28. The minimum absolute atomic E-state index is 0.146. The topological polar surface area (TPSA) is 76.5 Å². The molecule has 0 spiro atoms. The first-order valence-electron chi connectivity index (χ1n) is 9.95. The number of amides is 2. The Kier molecular flexibility index (Phi) is 5.68. The van der Waals surface area contributed by atoms with Crippen molar-refractivity contribution in [2.45, 2.75) is 59.0 Å². The number of anilines is 1. The van der Waals surface area contributed by atoms with Gasteiger partial charge in [0.15, 0.2) is 0 Å². The second kappa shape index (κ2) is 7.89. The highest BCUT2D eigenvalue weighted by Gasteiger charge is 2.36. The van der Waals surface area contributed by atoms with Crippen molar-refractivity contribution in [3.8, 4) is 5.75 Å². The van der Waals surface area contributed by atoms with Crippen molar-refractivity contribution in [3.63, 3.8) is 0 Å². The summed E-state index contributed by atoms with van der Waals surface area (Å²) in [6, 6.07) is 5.11. The van der Waals surface area contributed by atoms with Crippen LogP contribution in [0.4, 0.5) is 5.69 Å². The third-order valence-electron chi connectivity index (χ3n) is 5.30. The van der Waals surface area contributed by atoms with Crippen LogP contribution in [0, 0.1) is 13.8 Å². The highest BCUT2D eigenvalue weighted by atomic mass is 16.5. The zero-order valence-corrected chi connectivity index (χ0v) is 18.1. The number of hydrogen-bond donors (Lipinski definition) is 1. The van der Waals surface area contributed by atoms with Gasteiger partial charge in [0.05, 0.1) is 30.1 Å². The number of nitrogens with zero attached hydrogens (tertiary/aromatic N) is 3. The molecule has 1 aromatic heterocycles. The average Bonchev–Trinajstić information content (AvgIpc) is 3.27. The lowest BCUT2D eigenvalue weighted by molar-refractivity contribution is -0.119. The van der Waals surface area contributed by atoms with E-state index in [0.29, 0.717) is 30.0 Å². The van der Waals surface area contributed by atoms with Crippen LogP contribution in [-0.4, -0.2) is 46.2 Å². The summed E-state index contributed by atoms with van der Waals surface area (Å²) in [6.45, 7) is 10.5. The summed E-state index contributed by atoms with van der Waals surface area (Å²) in [7, 11) is 1.57. The molecule has 1 N–H and O–H groups in total. The van der Waals surface area contributed by atoms with E-state index >= 15 is 0 Å². The molecule has 2 aromatic rings. The van der Waals surface area contributed by atoms with E-state index in [1.807, 2.05) is 57.5 Å². The number of aromatic nitrogens is 2. The van der Waals surface area contributed by atoms with Gasteiger partial charge in [-0.1, -0.05) is 6.07 Å². The van der Waals surface area contributed by atoms with Crippen molar-refractivity contribution >= 4 is 17.5 Å². The maximum Gasteiger partial charge on any atom is 0.258 e. The zero-order valence-electron chi connectivity index (χ0n) is 18.1. The van der Waals surface area contributed by atoms with Crippen LogP contribution in [0.15, 0.2) is 24.4 Å². The number of carbonyl (C=O) groups is 2. The first-order chi connectivity index (χ1) is 13.6. The van der Waals surface area contributed by atoms with E-state index in [-0.39, 0.29) is 17.4 Å². The molecule has 1 aromatic carbocycles.